The number of hydrazine groups is 1. The summed E-state index contributed by atoms with van der Waals surface area (Å²) in [6, 6.07) is 21.6. The molecule has 7 nitrogen and oxygen atoms in total. The van der Waals surface area contributed by atoms with Crippen LogP contribution in [0.2, 0.25) is 0 Å². The van der Waals surface area contributed by atoms with Crippen LogP contribution in [-0.4, -0.2) is 47.6 Å². The van der Waals surface area contributed by atoms with Crippen molar-refractivity contribution in [2.45, 2.75) is 11.1 Å². The smallest absolute Gasteiger partial charge is 0.326 e. The van der Waals surface area contributed by atoms with Gasteiger partial charge in [-0.05, 0) is 55.7 Å². The van der Waals surface area contributed by atoms with Crippen LogP contribution in [0.5, 0.6) is 5.75 Å². The molecule has 0 saturated carbocycles. The molecule has 3 rings (SSSR count). The summed E-state index contributed by atoms with van der Waals surface area (Å²) in [4.78, 5) is 12.4. The lowest BCUT2D eigenvalue weighted by Crippen LogP contribution is -2.33. The van der Waals surface area contributed by atoms with Crippen molar-refractivity contribution in [3.8, 4) is 16.2 Å². The van der Waals surface area contributed by atoms with E-state index in [-0.39, 0.29) is 6.54 Å². The van der Waals surface area contributed by atoms with E-state index in [1.165, 1.54) is 38.5 Å². The lowest BCUT2D eigenvalue weighted by Gasteiger charge is -2.17. The number of carbonyl (C=O) groups is 1. The van der Waals surface area contributed by atoms with Gasteiger partial charge in [0.2, 0.25) is 0 Å². The Labute approximate surface area is 203 Å². The minimum atomic E-state index is -0.415. The topological polar surface area (TPSA) is 105 Å². The number of nitrogens with two attached hydrogens (primary N) is 2. The highest BCUT2D eigenvalue weighted by molar-refractivity contribution is 7.99. The fraction of sp³-hybridized carbons (Fsp3) is 0.208. The fourth-order valence-corrected chi connectivity index (χ4v) is 4.82. The van der Waals surface area contributed by atoms with E-state index < -0.39 is 5.97 Å². The molecular weight excluding hydrogens is 456 g/mol. The zero-order chi connectivity index (χ0) is 24.2. The van der Waals surface area contributed by atoms with Crippen molar-refractivity contribution in [3.05, 3.63) is 84.2 Å². The first-order valence-corrected chi connectivity index (χ1v) is 11.7. The maximum Gasteiger partial charge on any atom is 0.326 e. The number of esters is 1. The van der Waals surface area contributed by atoms with E-state index in [4.69, 9.17) is 16.7 Å². The average Bonchev–Trinajstić information content (AvgIpc) is 3.24. The maximum atomic E-state index is 11.2. The van der Waals surface area contributed by atoms with E-state index in [0.717, 1.165) is 0 Å². The highest BCUT2D eigenvalue weighted by Gasteiger charge is 2.09. The Morgan fingerprint density at radius 2 is 1.76 bits per heavy atom. The number of benzene rings is 2. The first kappa shape index (κ1) is 26.3. The number of rotatable bonds is 8. The molecule has 0 unspecified atom stereocenters. The van der Waals surface area contributed by atoms with Crippen LogP contribution in [0.25, 0.3) is 10.4 Å². The predicted octanol–water partition coefficient (Wildman–Crippen LogP) is 4.20. The molecule has 3 aromatic rings. The summed E-state index contributed by atoms with van der Waals surface area (Å²) in [6.45, 7) is 2.46. The number of hydrogen-bond donors (Lipinski definition) is 3. The van der Waals surface area contributed by atoms with E-state index in [1.54, 1.807) is 35.4 Å². The molecule has 0 spiro atoms. The van der Waals surface area contributed by atoms with E-state index in [9.17, 15) is 4.79 Å². The van der Waals surface area contributed by atoms with Gasteiger partial charge in [0.15, 0.2) is 0 Å². The van der Waals surface area contributed by atoms with E-state index >= 15 is 0 Å². The number of hydrogen-bond acceptors (Lipinski definition) is 9. The minimum absolute atomic E-state index is 0.0422. The van der Waals surface area contributed by atoms with Crippen molar-refractivity contribution in [1.29, 1.82) is 0 Å². The Bertz CT molecular complexity index is 1000. The van der Waals surface area contributed by atoms with Crippen molar-refractivity contribution in [2.75, 3.05) is 27.2 Å². The molecule has 9 heteroatoms. The summed E-state index contributed by atoms with van der Waals surface area (Å²) in [6.07, 6.45) is 1.54. The van der Waals surface area contributed by atoms with Crippen LogP contribution in [0.4, 0.5) is 0 Å². The molecule has 0 aliphatic heterocycles. The summed E-state index contributed by atoms with van der Waals surface area (Å²) >= 11 is 3.34. The average molecular weight is 487 g/mol. The standard InChI is InChI=1S/C17H22N4O2S2.C7H8O/c1-20(10-14(18)11-21(19)12-16(22)23-2)25-17-9-8-15(24-17)13-6-4-3-5-7-13;1-6-2-4-7(8)5-3-6/h3-9,11H,10,12,18-19H2,1-2H3;2-5,8H,1H3/b14-11-;. The molecule has 0 aliphatic rings. The van der Waals surface area contributed by atoms with Crippen LogP contribution in [0, 0.1) is 6.92 Å². The second-order valence-electron chi connectivity index (χ2n) is 7.15. The summed E-state index contributed by atoms with van der Waals surface area (Å²) in [5.74, 6) is 5.61. The lowest BCUT2D eigenvalue weighted by molar-refractivity contribution is -0.141. The summed E-state index contributed by atoms with van der Waals surface area (Å²) < 4.78 is 7.74. The van der Waals surface area contributed by atoms with Crippen LogP contribution in [0.15, 0.2) is 82.8 Å². The molecule has 0 aliphatic carbocycles. The number of ether oxygens (including phenoxy) is 1. The number of methoxy groups -OCH3 is 1. The first-order chi connectivity index (χ1) is 15.8. The van der Waals surface area contributed by atoms with Gasteiger partial charge in [0.05, 0.1) is 17.9 Å². The van der Waals surface area contributed by atoms with Crippen molar-refractivity contribution >= 4 is 29.3 Å². The molecule has 33 heavy (non-hydrogen) atoms. The van der Waals surface area contributed by atoms with E-state index in [1.807, 2.05) is 48.6 Å². The third-order valence-electron chi connectivity index (χ3n) is 4.20. The van der Waals surface area contributed by atoms with Crippen LogP contribution < -0.4 is 11.6 Å². The van der Waals surface area contributed by atoms with Gasteiger partial charge in [0, 0.05) is 16.8 Å². The van der Waals surface area contributed by atoms with Crippen molar-refractivity contribution in [2.24, 2.45) is 11.6 Å². The number of aryl methyl sites for hydroxylation is 1. The largest absolute Gasteiger partial charge is 0.508 e. The Morgan fingerprint density at radius 1 is 1.09 bits per heavy atom. The number of nitrogens with zero attached hydrogens (tertiary/aromatic N) is 2. The zero-order valence-corrected chi connectivity index (χ0v) is 20.6. The number of carbonyl (C=O) groups excluding carboxylic acids is 1. The van der Waals surface area contributed by atoms with Crippen LogP contribution >= 0.6 is 23.3 Å². The van der Waals surface area contributed by atoms with Gasteiger partial charge in [-0.2, -0.15) is 0 Å². The van der Waals surface area contributed by atoms with Gasteiger partial charge >= 0.3 is 5.97 Å². The molecule has 176 valence electrons. The third-order valence-corrected chi connectivity index (χ3v) is 6.36. The Morgan fingerprint density at radius 3 is 2.36 bits per heavy atom. The molecule has 0 atom stereocenters. The van der Waals surface area contributed by atoms with E-state index in [2.05, 4.69) is 29.0 Å². The van der Waals surface area contributed by atoms with Crippen LogP contribution in [0.3, 0.4) is 0 Å². The highest BCUT2D eigenvalue weighted by Crippen LogP contribution is 2.34. The molecule has 0 fully saturated rings. The lowest BCUT2D eigenvalue weighted by atomic mass is 10.2. The normalized spacial score (nSPS) is 11.0. The molecule has 1 aromatic heterocycles. The Kier molecular flexibility index (Phi) is 10.8. The van der Waals surface area contributed by atoms with Crippen LogP contribution in [-0.2, 0) is 9.53 Å². The quantitative estimate of drug-likeness (QED) is 0.188. The summed E-state index contributed by atoms with van der Waals surface area (Å²) in [7, 11) is 3.27. The number of aromatic hydroxyl groups is 1. The second kappa shape index (κ2) is 13.5. The molecule has 1 heterocycles. The minimum Gasteiger partial charge on any atom is -0.508 e. The summed E-state index contributed by atoms with van der Waals surface area (Å²) in [5, 5.41) is 9.98. The zero-order valence-electron chi connectivity index (χ0n) is 19.0. The predicted molar refractivity (Wildman–Crippen MR) is 136 cm³/mol. The number of likely N-dealkylation sites (N-methyl/N-ethyl adjacent to an activating group) is 1. The number of phenolic OH excluding ortho intramolecular Hbond substituents is 1. The van der Waals surface area contributed by atoms with Crippen molar-refractivity contribution < 1.29 is 14.6 Å². The molecule has 0 bridgehead atoms. The van der Waals surface area contributed by atoms with Gasteiger partial charge in [-0.25, -0.2) is 10.1 Å². The van der Waals surface area contributed by atoms with Gasteiger partial charge in [0.1, 0.15) is 12.3 Å². The first-order valence-electron chi connectivity index (χ1n) is 10.1. The molecule has 0 radical (unpaired) electrons. The van der Waals surface area contributed by atoms with Gasteiger partial charge < -0.3 is 20.6 Å². The van der Waals surface area contributed by atoms with Crippen molar-refractivity contribution in [1.82, 2.24) is 9.31 Å². The SMILES string of the molecule is COC(=O)CN(N)/C=C(\N)CN(C)Sc1ccc(-c2ccccc2)s1.Cc1ccc(O)cc1. The second-order valence-corrected chi connectivity index (χ2v) is 9.74. The molecule has 0 amide bonds. The third kappa shape index (κ3) is 10.0. The van der Waals surface area contributed by atoms with Gasteiger partial charge in [-0.1, -0.05) is 48.0 Å². The summed E-state index contributed by atoms with van der Waals surface area (Å²) in [5.41, 5.74) is 8.92. The van der Waals surface area contributed by atoms with E-state index in [0.29, 0.717) is 18.0 Å². The van der Waals surface area contributed by atoms with Gasteiger partial charge in [-0.15, -0.1) is 11.3 Å². The van der Waals surface area contributed by atoms with Crippen LogP contribution in [0.1, 0.15) is 5.56 Å². The molecule has 2 aromatic carbocycles. The molecule has 5 N–H and O–H groups in total. The van der Waals surface area contributed by atoms with Crippen molar-refractivity contribution in [3.63, 3.8) is 0 Å². The highest BCUT2D eigenvalue weighted by atomic mass is 32.2. The van der Waals surface area contributed by atoms with Gasteiger partial charge in [-0.3, -0.25) is 4.79 Å². The number of phenols is 1. The fourth-order valence-electron chi connectivity index (χ4n) is 2.63. The molecule has 0 saturated heterocycles. The number of thiophene rings is 1. The Hall–Kier alpha value is -2.98. The maximum absolute atomic E-state index is 11.2. The Balaban J connectivity index is 0.000000405. The van der Waals surface area contributed by atoms with Gasteiger partial charge in [0.25, 0.3) is 0 Å². The molecular formula is C24H30N4O3S2. The monoisotopic (exact) mass is 486 g/mol.